The quantitative estimate of drug-likeness (QED) is 0.387. The normalized spacial score (nSPS) is 19.8. The van der Waals surface area contributed by atoms with Crippen molar-refractivity contribution in [3.63, 3.8) is 0 Å². The summed E-state index contributed by atoms with van der Waals surface area (Å²) in [5.74, 6) is 0.800. The standard InChI is InChI=1S/C12H11Br3O2/c1-2-3-9(11-6-16-11)17-10-5-7(13)4-8(14)12(10)15/h2,4-5,9,11H,1,3,6H2. The lowest BCUT2D eigenvalue weighted by molar-refractivity contribution is 0.160. The van der Waals surface area contributed by atoms with Crippen LogP contribution in [0.15, 0.2) is 38.2 Å². The second-order valence-corrected chi connectivity index (χ2v) is 6.32. The predicted octanol–water partition coefficient (Wildman–Crippen LogP) is 4.70. The molecule has 1 aliphatic heterocycles. The summed E-state index contributed by atoms with van der Waals surface area (Å²) >= 11 is 10.4. The Balaban J connectivity index is 2.18. The maximum Gasteiger partial charge on any atom is 0.136 e. The molecule has 0 saturated carbocycles. The van der Waals surface area contributed by atoms with Crippen LogP contribution in [0.2, 0.25) is 0 Å². The maximum absolute atomic E-state index is 5.97. The Morgan fingerprint density at radius 1 is 1.47 bits per heavy atom. The van der Waals surface area contributed by atoms with Crippen LogP contribution in [-0.2, 0) is 4.74 Å². The van der Waals surface area contributed by atoms with E-state index in [2.05, 4.69) is 54.4 Å². The third-order valence-corrected chi connectivity index (χ3v) is 4.84. The van der Waals surface area contributed by atoms with Crippen molar-refractivity contribution in [1.82, 2.24) is 0 Å². The van der Waals surface area contributed by atoms with E-state index in [1.807, 2.05) is 18.2 Å². The number of hydrogen-bond acceptors (Lipinski definition) is 2. The Labute approximate surface area is 126 Å². The van der Waals surface area contributed by atoms with Crippen LogP contribution < -0.4 is 4.74 Å². The molecule has 2 atom stereocenters. The topological polar surface area (TPSA) is 21.8 Å². The second-order valence-electron chi connectivity index (χ2n) is 3.75. The highest BCUT2D eigenvalue weighted by Crippen LogP contribution is 2.37. The van der Waals surface area contributed by atoms with Gasteiger partial charge in [0.2, 0.25) is 0 Å². The lowest BCUT2D eigenvalue weighted by Gasteiger charge is -2.17. The van der Waals surface area contributed by atoms with E-state index in [0.717, 1.165) is 32.2 Å². The summed E-state index contributed by atoms with van der Waals surface area (Å²) in [5.41, 5.74) is 0. The number of epoxide rings is 1. The first-order valence-corrected chi connectivity index (χ1v) is 7.53. The first-order valence-electron chi connectivity index (χ1n) is 5.15. The maximum atomic E-state index is 5.97. The molecule has 1 aromatic rings. The fourth-order valence-electron chi connectivity index (χ4n) is 1.49. The van der Waals surface area contributed by atoms with Gasteiger partial charge in [-0.25, -0.2) is 0 Å². The molecule has 0 bridgehead atoms. The first-order chi connectivity index (χ1) is 8.11. The highest BCUT2D eigenvalue weighted by molar-refractivity contribution is 9.13. The fraction of sp³-hybridized carbons (Fsp3) is 0.333. The molecule has 1 fully saturated rings. The molecule has 2 rings (SSSR count). The van der Waals surface area contributed by atoms with E-state index in [1.165, 1.54) is 0 Å². The van der Waals surface area contributed by atoms with E-state index >= 15 is 0 Å². The van der Waals surface area contributed by atoms with Crippen LogP contribution in [0.25, 0.3) is 0 Å². The Hall–Kier alpha value is 0.160. The highest BCUT2D eigenvalue weighted by Gasteiger charge is 2.34. The van der Waals surface area contributed by atoms with E-state index in [4.69, 9.17) is 9.47 Å². The zero-order valence-electron chi connectivity index (χ0n) is 8.96. The minimum Gasteiger partial charge on any atom is -0.486 e. The summed E-state index contributed by atoms with van der Waals surface area (Å²) in [6.45, 7) is 4.51. The largest absolute Gasteiger partial charge is 0.486 e. The molecule has 0 radical (unpaired) electrons. The first kappa shape index (κ1) is 13.6. The monoisotopic (exact) mass is 424 g/mol. The summed E-state index contributed by atoms with van der Waals surface area (Å²) < 4.78 is 14.1. The molecule has 2 unspecified atom stereocenters. The smallest absolute Gasteiger partial charge is 0.136 e. The molecule has 0 spiro atoms. The zero-order chi connectivity index (χ0) is 12.4. The van der Waals surface area contributed by atoms with Crippen molar-refractivity contribution in [1.29, 1.82) is 0 Å². The molecule has 0 aliphatic carbocycles. The van der Waals surface area contributed by atoms with Gasteiger partial charge in [0.05, 0.1) is 11.1 Å². The van der Waals surface area contributed by atoms with Crippen LogP contribution >= 0.6 is 47.8 Å². The van der Waals surface area contributed by atoms with Crippen LogP contribution in [0, 0.1) is 0 Å². The minimum absolute atomic E-state index is 0.0324. The van der Waals surface area contributed by atoms with E-state index < -0.39 is 0 Å². The molecule has 2 nitrogen and oxygen atoms in total. The van der Waals surface area contributed by atoms with Crippen molar-refractivity contribution in [2.45, 2.75) is 18.6 Å². The highest BCUT2D eigenvalue weighted by atomic mass is 79.9. The van der Waals surface area contributed by atoms with Gasteiger partial charge in [0.25, 0.3) is 0 Å². The molecule has 92 valence electrons. The fourth-order valence-corrected chi connectivity index (χ4v) is 3.00. The van der Waals surface area contributed by atoms with Gasteiger partial charge >= 0.3 is 0 Å². The summed E-state index contributed by atoms with van der Waals surface area (Å²) in [7, 11) is 0. The Kier molecular flexibility index (Phi) is 4.69. The van der Waals surface area contributed by atoms with E-state index in [1.54, 1.807) is 0 Å². The van der Waals surface area contributed by atoms with Gasteiger partial charge < -0.3 is 9.47 Å². The van der Waals surface area contributed by atoms with Crippen LogP contribution in [0.3, 0.4) is 0 Å². The van der Waals surface area contributed by atoms with Gasteiger partial charge in [-0.05, 0) is 44.0 Å². The molecule has 17 heavy (non-hydrogen) atoms. The molecule has 1 saturated heterocycles. The molecule has 0 N–H and O–H groups in total. The van der Waals surface area contributed by atoms with Crippen molar-refractivity contribution in [2.75, 3.05) is 6.61 Å². The number of halogens is 3. The molecule has 1 heterocycles. The summed E-state index contributed by atoms with van der Waals surface area (Å²) in [5, 5.41) is 0. The van der Waals surface area contributed by atoms with E-state index in [-0.39, 0.29) is 12.2 Å². The summed E-state index contributed by atoms with van der Waals surface area (Å²) in [4.78, 5) is 0. The molecule has 0 aromatic heterocycles. The summed E-state index contributed by atoms with van der Waals surface area (Å²) in [6, 6.07) is 3.90. The van der Waals surface area contributed by atoms with Gasteiger partial charge in [0, 0.05) is 15.4 Å². The Morgan fingerprint density at radius 2 is 2.18 bits per heavy atom. The molecular formula is C12H11Br3O2. The van der Waals surface area contributed by atoms with Crippen LogP contribution in [0.4, 0.5) is 0 Å². The van der Waals surface area contributed by atoms with Crippen molar-refractivity contribution in [3.05, 3.63) is 38.2 Å². The van der Waals surface area contributed by atoms with E-state index in [0.29, 0.717) is 0 Å². The van der Waals surface area contributed by atoms with Gasteiger partial charge in [-0.1, -0.05) is 22.0 Å². The number of ether oxygens (including phenoxy) is 2. The molecule has 0 amide bonds. The molecule has 1 aromatic carbocycles. The average molecular weight is 427 g/mol. The van der Waals surface area contributed by atoms with Crippen LogP contribution in [0.1, 0.15) is 6.42 Å². The SMILES string of the molecule is C=CCC(Oc1cc(Br)cc(Br)c1Br)C1CO1. The zero-order valence-corrected chi connectivity index (χ0v) is 13.7. The summed E-state index contributed by atoms with van der Waals surface area (Å²) in [6.07, 6.45) is 2.86. The predicted molar refractivity (Wildman–Crippen MR) is 78.5 cm³/mol. The minimum atomic E-state index is 0.0324. The number of benzene rings is 1. The lowest BCUT2D eigenvalue weighted by Crippen LogP contribution is -2.22. The third kappa shape index (κ3) is 3.56. The second kappa shape index (κ2) is 5.87. The molecule has 1 aliphatic rings. The molecule has 5 heteroatoms. The van der Waals surface area contributed by atoms with Crippen molar-refractivity contribution in [3.8, 4) is 5.75 Å². The van der Waals surface area contributed by atoms with Crippen LogP contribution in [-0.4, -0.2) is 18.8 Å². The Bertz CT molecular complexity index is 430. The number of hydrogen-bond donors (Lipinski definition) is 0. The van der Waals surface area contributed by atoms with Gasteiger partial charge in [0.1, 0.15) is 18.0 Å². The Morgan fingerprint density at radius 3 is 2.76 bits per heavy atom. The van der Waals surface area contributed by atoms with Crippen molar-refractivity contribution in [2.24, 2.45) is 0 Å². The van der Waals surface area contributed by atoms with Gasteiger partial charge in [-0.3, -0.25) is 0 Å². The van der Waals surface area contributed by atoms with Crippen molar-refractivity contribution < 1.29 is 9.47 Å². The lowest BCUT2D eigenvalue weighted by atomic mass is 10.2. The third-order valence-electron chi connectivity index (χ3n) is 2.41. The van der Waals surface area contributed by atoms with Crippen LogP contribution in [0.5, 0.6) is 5.75 Å². The number of rotatable bonds is 5. The van der Waals surface area contributed by atoms with E-state index in [9.17, 15) is 0 Å². The van der Waals surface area contributed by atoms with Crippen molar-refractivity contribution >= 4 is 47.8 Å². The average Bonchev–Trinajstić information content (AvgIpc) is 3.08. The van der Waals surface area contributed by atoms with Gasteiger partial charge in [0.15, 0.2) is 0 Å². The molecular weight excluding hydrogens is 416 g/mol. The van der Waals surface area contributed by atoms with Gasteiger partial charge in [-0.2, -0.15) is 0 Å². The van der Waals surface area contributed by atoms with Gasteiger partial charge in [-0.15, -0.1) is 6.58 Å².